The second kappa shape index (κ2) is 11.9. The molecule has 0 aliphatic heterocycles. The van der Waals surface area contributed by atoms with Crippen LogP contribution in [0.5, 0.6) is 17.2 Å². The van der Waals surface area contributed by atoms with Crippen LogP contribution in [0.1, 0.15) is 16.7 Å². The summed E-state index contributed by atoms with van der Waals surface area (Å²) in [6, 6.07) is 8.17. The number of amides is 1. The van der Waals surface area contributed by atoms with Gasteiger partial charge in [0, 0.05) is 12.6 Å². The number of hydrogen-bond donors (Lipinski definition) is 1. The summed E-state index contributed by atoms with van der Waals surface area (Å²) in [7, 11) is 4.49. The molecule has 1 amide bonds. The van der Waals surface area contributed by atoms with E-state index >= 15 is 0 Å². The molecular weight excluding hydrogens is 531 g/mol. The van der Waals surface area contributed by atoms with Crippen molar-refractivity contribution in [2.75, 3.05) is 27.9 Å². The first-order valence-corrected chi connectivity index (χ1v) is 12.0. The summed E-state index contributed by atoms with van der Waals surface area (Å²) in [5, 5.41) is 7.12. The fraction of sp³-hybridized carbons (Fsp3) is 0.259. The number of benzene rings is 2. The van der Waals surface area contributed by atoms with E-state index in [2.05, 4.69) is 15.4 Å². The van der Waals surface area contributed by atoms with Crippen molar-refractivity contribution in [3.63, 3.8) is 0 Å². The highest BCUT2D eigenvalue weighted by molar-refractivity contribution is 5.91. The average Bonchev–Trinajstić information content (AvgIpc) is 3.36. The number of fused-ring (bicyclic) bond motifs is 1. The standard InChI is InChI=1S/C27H26F3N5O5/c1-38-21-12-17(13-22(39-2)24(21)40-3)7-8-23(36)31-9-10-35-25-20(14-33-35)26(37)34(16-32-25)15-18-5-4-6-19(11-18)27(28,29)30/h4-8,11-14,16H,9-10,15H2,1-3H3,(H,31,36)/b8-7-. The monoisotopic (exact) mass is 557 g/mol. The van der Waals surface area contributed by atoms with Crippen molar-refractivity contribution in [1.29, 1.82) is 0 Å². The Morgan fingerprint density at radius 1 is 1.07 bits per heavy atom. The maximum absolute atomic E-state index is 13.0. The summed E-state index contributed by atoms with van der Waals surface area (Å²) < 4.78 is 57.6. The van der Waals surface area contributed by atoms with E-state index in [0.29, 0.717) is 34.0 Å². The van der Waals surface area contributed by atoms with Crippen LogP contribution < -0.4 is 25.1 Å². The molecule has 2 aromatic heterocycles. The van der Waals surface area contributed by atoms with Crippen LogP contribution in [0.25, 0.3) is 17.1 Å². The zero-order valence-corrected chi connectivity index (χ0v) is 21.9. The number of carbonyl (C=O) groups excluding carboxylic acids is 1. The highest BCUT2D eigenvalue weighted by Crippen LogP contribution is 2.38. The Hall–Kier alpha value is -4.81. The van der Waals surface area contributed by atoms with E-state index in [1.54, 1.807) is 18.2 Å². The Morgan fingerprint density at radius 2 is 1.80 bits per heavy atom. The summed E-state index contributed by atoms with van der Waals surface area (Å²) in [6.45, 7) is 0.354. The Bertz CT molecular complexity index is 1590. The van der Waals surface area contributed by atoms with E-state index in [-0.39, 0.29) is 30.9 Å². The van der Waals surface area contributed by atoms with Gasteiger partial charge in [-0.3, -0.25) is 14.2 Å². The van der Waals surface area contributed by atoms with Gasteiger partial charge in [-0.25, -0.2) is 9.67 Å². The molecule has 0 saturated carbocycles. The van der Waals surface area contributed by atoms with E-state index < -0.39 is 17.3 Å². The predicted molar refractivity (Wildman–Crippen MR) is 140 cm³/mol. The van der Waals surface area contributed by atoms with E-state index in [9.17, 15) is 22.8 Å². The molecule has 4 rings (SSSR count). The van der Waals surface area contributed by atoms with Crippen LogP contribution in [-0.4, -0.2) is 53.1 Å². The molecule has 1 N–H and O–H groups in total. The lowest BCUT2D eigenvalue weighted by molar-refractivity contribution is -0.137. The topological polar surface area (TPSA) is 110 Å². The van der Waals surface area contributed by atoms with Crippen molar-refractivity contribution in [2.45, 2.75) is 19.3 Å². The third-order valence-electron chi connectivity index (χ3n) is 5.97. The Labute approximate surface area is 226 Å². The Kier molecular flexibility index (Phi) is 8.41. The second-order valence-corrected chi connectivity index (χ2v) is 8.56. The lowest BCUT2D eigenvalue weighted by Gasteiger charge is -2.12. The van der Waals surface area contributed by atoms with Gasteiger partial charge in [-0.15, -0.1) is 0 Å². The van der Waals surface area contributed by atoms with Crippen LogP contribution >= 0.6 is 0 Å². The number of ether oxygens (including phenoxy) is 3. The molecule has 0 spiro atoms. The van der Waals surface area contributed by atoms with Gasteiger partial charge in [-0.05, 0) is 41.5 Å². The molecule has 0 saturated heterocycles. The van der Waals surface area contributed by atoms with Crippen molar-refractivity contribution in [1.82, 2.24) is 24.6 Å². The zero-order chi connectivity index (χ0) is 28.9. The molecule has 0 unspecified atom stereocenters. The predicted octanol–water partition coefficient (Wildman–Crippen LogP) is 3.52. The molecule has 0 aliphatic rings. The minimum atomic E-state index is -4.48. The summed E-state index contributed by atoms with van der Waals surface area (Å²) in [4.78, 5) is 29.5. The number of alkyl halides is 3. The molecule has 10 nitrogen and oxygen atoms in total. The van der Waals surface area contributed by atoms with Gasteiger partial charge >= 0.3 is 6.18 Å². The molecule has 0 radical (unpaired) electrons. The number of halogens is 3. The smallest absolute Gasteiger partial charge is 0.416 e. The lowest BCUT2D eigenvalue weighted by atomic mass is 10.1. The van der Waals surface area contributed by atoms with Gasteiger partial charge in [-0.1, -0.05) is 12.1 Å². The van der Waals surface area contributed by atoms with Crippen LogP contribution in [-0.2, 0) is 24.1 Å². The first-order chi connectivity index (χ1) is 19.1. The molecule has 2 heterocycles. The number of hydrogen-bond acceptors (Lipinski definition) is 7. The Morgan fingerprint density at radius 3 is 2.45 bits per heavy atom. The molecule has 0 fully saturated rings. The highest BCUT2D eigenvalue weighted by Gasteiger charge is 2.30. The molecular formula is C27H26F3N5O5. The molecule has 210 valence electrons. The quantitative estimate of drug-likeness (QED) is 0.297. The van der Waals surface area contributed by atoms with Crippen molar-refractivity contribution >= 4 is 23.0 Å². The van der Waals surface area contributed by atoms with Crippen LogP contribution in [0.3, 0.4) is 0 Å². The number of nitrogens with zero attached hydrogens (tertiary/aromatic N) is 4. The minimum absolute atomic E-state index is 0.0782. The number of carbonyl (C=O) groups is 1. The first-order valence-electron chi connectivity index (χ1n) is 12.0. The molecule has 0 bridgehead atoms. The summed E-state index contributed by atoms with van der Waals surface area (Å²) in [6.07, 6.45) is 1.08. The van der Waals surface area contributed by atoms with E-state index in [0.717, 1.165) is 12.1 Å². The number of rotatable bonds is 10. The third kappa shape index (κ3) is 6.25. The zero-order valence-electron chi connectivity index (χ0n) is 21.9. The number of methoxy groups -OCH3 is 3. The van der Waals surface area contributed by atoms with Crippen LogP contribution in [0, 0.1) is 0 Å². The second-order valence-electron chi connectivity index (χ2n) is 8.56. The van der Waals surface area contributed by atoms with Crippen LogP contribution in [0.4, 0.5) is 13.2 Å². The lowest BCUT2D eigenvalue weighted by Crippen LogP contribution is -2.26. The van der Waals surface area contributed by atoms with Gasteiger partial charge in [0.25, 0.3) is 5.56 Å². The van der Waals surface area contributed by atoms with Gasteiger partial charge < -0.3 is 19.5 Å². The Balaban J connectivity index is 1.40. The fourth-order valence-electron chi connectivity index (χ4n) is 4.03. The number of nitrogens with one attached hydrogen (secondary N) is 1. The molecule has 40 heavy (non-hydrogen) atoms. The normalized spacial score (nSPS) is 11.7. The van der Waals surface area contributed by atoms with E-state index in [1.807, 2.05) is 0 Å². The minimum Gasteiger partial charge on any atom is -0.493 e. The van der Waals surface area contributed by atoms with Crippen LogP contribution in [0.15, 0.2) is 59.8 Å². The first kappa shape index (κ1) is 28.2. The fourth-order valence-corrected chi connectivity index (χ4v) is 4.03. The van der Waals surface area contributed by atoms with Gasteiger partial charge in [0.1, 0.15) is 11.7 Å². The van der Waals surface area contributed by atoms with Crippen molar-refractivity contribution in [3.05, 3.63) is 82.0 Å². The summed E-state index contributed by atoms with van der Waals surface area (Å²) in [5.41, 5.74) is 0.0415. The maximum Gasteiger partial charge on any atom is 0.416 e. The molecule has 13 heteroatoms. The van der Waals surface area contributed by atoms with Gasteiger partial charge in [0.15, 0.2) is 17.1 Å². The average molecular weight is 558 g/mol. The van der Waals surface area contributed by atoms with Crippen molar-refractivity contribution in [2.24, 2.45) is 0 Å². The maximum atomic E-state index is 13.0. The molecule has 4 aromatic rings. The van der Waals surface area contributed by atoms with Crippen molar-refractivity contribution in [3.8, 4) is 17.2 Å². The number of aromatic nitrogens is 4. The van der Waals surface area contributed by atoms with Crippen molar-refractivity contribution < 1.29 is 32.2 Å². The third-order valence-corrected chi connectivity index (χ3v) is 5.97. The van der Waals surface area contributed by atoms with Crippen LogP contribution in [0.2, 0.25) is 0 Å². The van der Waals surface area contributed by atoms with E-state index in [4.69, 9.17) is 14.2 Å². The van der Waals surface area contributed by atoms with Gasteiger partial charge in [-0.2, -0.15) is 18.3 Å². The van der Waals surface area contributed by atoms with Gasteiger partial charge in [0.2, 0.25) is 11.7 Å². The molecule has 0 aliphatic carbocycles. The highest BCUT2D eigenvalue weighted by atomic mass is 19.4. The summed E-state index contributed by atoms with van der Waals surface area (Å²) in [5.74, 6) is 0.985. The summed E-state index contributed by atoms with van der Waals surface area (Å²) >= 11 is 0. The SMILES string of the molecule is COc1cc(/C=C\C(=O)NCCn2ncc3c(=O)n(Cc4cccc(C(F)(F)F)c4)cnc32)cc(OC)c1OC. The molecule has 0 atom stereocenters. The van der Waals surface area contributed by atoms with Gasteiger partial charge in [0.05, 0.1) is 46.2 Å². The van der Waals surface area contributed by atoms with E-state index in [1.165, 1.54) is 61.3 Å². The molecule has 2 aromatic carbocycles. The largest absolute Gasteiger partial charge is 0.493 e.